The lowest BCUT2D eigenvalue weighted by atomic mass is 10.5. The minimum atomic E-state index is -0.157. The van der Waals surface area contributed by atoms with Gasteiger partial charge in [-0.15, -0.1) is 0 Å². The first-order valence-corrected chi connectivity index (χ1v) is 2.32. The third-order valence-electron chi connectivity index (χ3n) is 0.516. The first-order valence-electron chi connectivity index (χ1n) is 2.32. The normalized spacial score (nSPS) is 5.78. The molecule has 0 atom stereocenters. The van der Waals surface area contributed by atoms with Gasteiger partial charge in [-0.2, -0.15) is 0 Å². The van der Waals surface area contributed by atoms with Gasteiger partial charge in [0.25, 0.3) is 0 Å². The summed E-state index contributed by atoms with van der Waals surface area (Å²) in [7, 11) is 2.38. The zero-order valence-corrected chi connectivity index (χ0v) is 5.97. The van der Waals surface area contributed by atoms with Crippen LogP contribution in [0.4, 0.5) is 0 Å². The molecule has 0 aromatic rings. The second-order valence-corrected chi connectivity index (χ2v) is 0.930. The van der Waals surface area contributed by atoms with Crippen LogP contribution in [0.3, 0.4) is 0 Å². The van der Waals surface area contributed by atoms with Crippen molar-refractivity contribution in [3.05, 3.63) is 0 Å². The molecule has 0 aliphatic rings. The molecule has 4 nitrogen and oxygen atoms in total. The zero-order chi connectivity index (χ0) is 6.99. The molecule has 0 amide bonds. The van der Waals surface area contributed by atoms with Gasteiger partial charge in [0, 0.05) is 13.5 Å². The Kier molecular flexibility index (Phi) is 27.4. The molecule has 9 heavy (non-hydrogen) atoms. The summed E-state index contributed by atoms with van der Waals surface area (Å²) in [5.74, 6) is -0.157. The van der Waals surface area contributed by atoms with E-state index in [4.69, 9.17) is 5.11 Å². The SMILES string of the molecule is CCC(=O)OC.CO.O. The van der Waals surface area contributed by atoms with Crippen molar-refractivity contribution < 1.29 is 20.1 Å². The zero-order valence-electron chi connectivity index (χ0n) is 5.97. The van der Waals surface area contributed by atoms with Crippen LogP contribution in [0.25, 0.3) is 0 Å². The van der Waals surface area contributed by atoms with Gasteiger partial charge in [0.05, 0.1) is 7.11 Å². The maximum atomic E-state index is 9.96. The highest BCUT2D eigenvalue weighted by Crippen LogP contribution is 1.76. The van der Waals surface area contributed by atoms with Crippen molar-refractivity contribution in [1.82, 2.24) is 0 Å². The summed E-state index contributed by atoms with van der Waals surface area (Å²) in [6, 6.07) is 0. The lowest BCUT2D eigenvalue weighted by molar-refractivity contribution is -0.140. The van der Waals surface area contributed by atoms with Crippen molar-refractivity contribution in [3.8, 4) is 0 Å². The maximum absolute atomic E-state index is 9.96. The molecule has 0 saturated carbocycles. The number of hydrogen-bond donors (Lipinski definition) is 1. The summed E-state index contributed by atoms with van der Waals surface area (Å²) in [6.45, 7) is 1.76. The van der Waals surface area contributed by atoms with Gasteiger partial charge in [-0.05, 0) is 0 Å². The predicted octanol–water partition coefficient (Wildman–Crippen LogP) is -0.647. The number of aliphatic hydroxyl groups excluding tert-OH is 1. The van der Waals surface area contributed by atoms with Crippen molar-refractivity contribution in [3.63, 3.8) is 0 Å². The molecule has 0 fully saturated rings. The Hall–Kier alpha value is -0.610. The number of esters is 1. The van der Waals surface area contributed by atoms with Crippen molar-refractivity contribution in [2.75, 3.05) is 14.2 Å². The Bertz CT molecular complexity index is 46.9. The highest BCUT2D eigenvalue weighted by Gasteiger charge is 1.87. The minimum absolute atomic E-state index is 0. The molecule has 0 unspecified atom stereocenters. The number of carbonyl (C=O) groups is 1. The van der Waals surface area contributed by atoms with Crippen LogP contribution in [0, 0.1) is 0 Å². The fourth-order valence-corrected chi connectivity index (χ4v) is 0.144. The summed E-state index contributed by atoms with van der Waals surface area (Å²) < 4.78 is 4.26. The molecule has 0 spiro atoms. The van der Waals surface area contributed by atoms with Crippen LogP contribution in [0.15, 0.2) is 0 Å². The molecule has 0 aromatic carbocycles. The van der Waals surface area contributed by atoms with Crippen molar-refractivity contribution >= 4 is 5.97 Å². The predicted molar refractivity (Wildman–Crippen MR) is 34.1 cm³/mol. The van der Waals surface area contributed by atoms with E-state index in [1.54, 1.807) is 6.92 Å². The minimum Gasteiger partial charge on any atom is -0.469 e. The highest BCUT2D eigenvalue weighted by atomic mass is 16.5. The first-order chi connectivity index (χ1) is 3.81. The molecule has 0 radical (unpaired) electrons. The van der Waals surface area contributed by atoms with Crippen LogP contribution >= 0.6 is 0 Å². The number of carbonyl (C=O) groups excluding carboxylic acids is 1. The summed E-state index contributed by atoms with van der Waals surface area (Å²) in [5.41, 5.74) is 0. The Morgan fingerprint density at radius 2 is 1.89 bits per heavy atom. The van der Waals surface area contributed by atoms with E-state index in [0.717, 1.165) is 7.11 Å². The summed E-state index contributed by atoms with van der Waals surface area (Å²) in [5, 5.41) is 7.00. The molecule has 0 rings (SSSR count). The first kappa shape index (κ1) is 15.8. The van der Waals surface area contributed by atoms with Gasteiger partial charge in [0.1, 0.15) is 0 Å². The molecule has 4 heteroatoms. The van der Waals surface area contributed by atoms with Crippen LogP contribution in [-0.2, 0) is 9.53 Å². The standard InChI is InChI=1S/C4H8O2.CH4O.H2O/c1-3-4(5)6-2;1-2;/h3H2,1-2H3;2H,1H3;1H2. The largest absolute Gasteiger partial charge is 0.469 e. The van der Waals surface area contributed by atoms with Gasteiger partial charge in [0.15, 0.2) is 0 Å². The van der Waals surface area contributed by atoms with Crippen LogP contribution in [0.5, 0.6) is 0 Å². The topological polar surface area (TPSA) is 78.0 Å². The molecule has 58 valence electrons. The van der Waals surface area contributed by atoms with Gasteiger partial charge in [0.2, 0.25) is 0 Å². The monoisotopic (exact) mass is 138 g/mol. The molecule has 0 aromatic heterocycles. The third-order valence-corrected chi connectivity index (χ3v) is 0.516. The Balaban J connectivity index is -0.000000109. The van der Waals surface area contributed by atoms with E-state index >= 15 is 0 Å². The van der Waals surface area contributed by atoms with E-state index in [-0.39, 0.29) is 11.4 Å². The van der Waals surface area contributed by atoms with Crippen LogP contribution in [-0.4, -0.2) is 30.8 Å². The van der Waals surface area contributed by atoms with E-state index in [0.29, 0.717) is 6.42 Å². The summed E-state index contributed by atoms with van der Waals surface area (Å²) in [6.07, 6.45) is 0.469. The molecule has 0 heterocycles. The molecule has 0 aliphatic carbocycles. The van der Waals surface area contributed by atoms with E-state index in [2.05, 4.69) is 4.74 Å². The molecule has 0 aliphatic heterocycles. The number of rotatable bonds is 1. The Morgan fingerprint density at radius 3 is 1.89 bits per heavy atom. The number of hydrogen-bond acceptors (Lipinski definition) is 3. The fraction of sp³-hybridized carbons (Fsp3) is 0.800. The summed E-state index contributed by atoms with van der Waals surface area (Å²) >= 11 is 0. The Morgan fingerprint density at radius 1 is 1.56 bits per heavy atom. The molecule has 0 saturated heterocycles. The fourth-order valence-electron chi connectivity index (χ4n) is 0.144. The van der Waals surface area contributed by atoms with Crippen molar-refractivity contribution in [2.45, 2.75) is 13.3 Å². The smallest absolute Gasteiger partial charge is 0.305 e. The second-order valence-electron chi connectivity index (χ2n) is 0.930. The van der Waals surface area contributed by atoms with Crippen LogP contribution in [0.1, 0.15) is 13.3 Å². The van der Waals surface area contributed by atoms with E-state index < -0.39 is 0 Å². The summed E-state index contributed by atoms with van der Waals surface area (Å²) in [4.78, 5) is 9.96. The van der Waals surface area contributed by atoms with E-state index in [1.807, 2.05) is 0 Å². The average molecular weight is 138 g/mol. The highest BCUT2D eigenvalue weighted by molar-refractivity contribution is 5.68. The van der Waals surface area contributed by atoms with E-state index in [9.17, 15) is 4.79 Å². The van der Waals surface area contributed by atoms with Crippen molar-refractivity contribution in [2.24, 2.45) is 0 Å². The van der Waals surface area contributed by atoms with Gasteiger partial charge in [-0.3, -0.25) is 4.79 Å². The molecule has 0 bridgehead atoms. The van der Waals surface area contributed by atoms with Crippen LogP contribution in [0.2, 0.25) is 0 Å². The van der Waals surface area contributed by atoms with E-state index in [1.165, 1.54) is 7.11 Å². The maximum Gasteiger partial charge on any atom is 0.305 e. The Labute approximate surface area is 54.8 Å². The number of ether oxygens (including phenoxy) is 1. The molecular formula is C5H14O4. The molecule has 3 N–H and O–H groups in total. The third kappa shape index (κ3) is 18.7. The van der Waals surface area contributed by atoms with Gasteiger partial charge in [-0.25, -0.2) is 0 Å². The van der Waals surface area contributed by atoms with Crippen molar-refractivity contribution in [1.29, 1.82) is 0 Å². The lowest BCUT2D eigenvalue weighted by Crippen LogP contribution is -1.94. The quantitative estimate of drug-likeness (QED) is 0.489. The van der Waals surface area contributed by atoms with Gasteiger partial charge < -0.3 is 15.3 Å². The second kappa shape index (κ2) is 15.7. The molecular weight excluding hydrogens is 124 g/mol. The van der Waals surface area contributed by atoms with Crippen LogP contribution < -0.4 is 0 Å². The number of methoxy groups -OCH3 is 1. The number of aliphatic hydroxyl groups is 1. The lowest BCUT2D eigenvalue weighted by Gasteiger charge is -1.87. The van der Waals surface area contributed by atoms with Gasteiger partial charge in [-0.1, -0.05) is 6.92 Å². The van der Waals surface area contributed by atoms with Gasteiger partial charge >= 0.3 is 5.97 Å². The average Bonchev–Trinajstić information content (AvgIpc) is 1.91.